The van der Waals surface area contributed by atoms with Crippen LogP contribution in [0.1, 0.15) is 32.6 Å². The van der Waals surface area contributed by atoms with E-state index in [0.717, 1.165) is 25.9 Å². The highest BCUT2D eigenvalue weighted by molar-refractivity contribution is 7.89. The third kappa shape index (κ3) is 4.83. The SMILES string of the molecule is C[C@H](C(=O)N1CCCCCC1)[NH+]1CCN(S(=O)(=O)c2ccc(Cl)cc2)CC1. The van der Waals surface area contributed by atoms with Gasteiger partial charge in [0.1, 0.15) is 0 Å². The lowest BCUT2D eigenvalue weighted by molar-refractivity contribution is -0.918. The van der Waals surface area contributed by atoms with Gasteiger partial charge in [-0.15, -0.1) is 0 Å². The molecule has 0 aliphatic carbocycles. The number of quaternary nitrogens is 1. The van der Waals surface area contributed by atoms with E-state index < -0.39 is 10.0 Å². The van der Waals surface area contributed by atoms with Crippen molar-refractivity contribution in [3.8, 4) is 0 Å². The van der Waals surface area contributed by atoms with Crippen molar-refractivity contribution in [3.05, 3.63) is 29.3 Å². The first-order valence-corrected chi connectivity index (χ1v) is 11.6. The Morgan fingerprint density at radius 2 is 1.56 bits per heavy atom. The predicted octanol–water partition coefficient (Wildman–Crippen LogP) is 1.02. The quantitative estimate of drug-likeness (QED) is 0.800. The third-order valence-corrected chi connectivity index (χ3v) is 7.88. The average Bonchev–Trinajstić information content (AvgIpc) is 2.97. The Morgan fingerprint density at radius 1 is 1.00 bits per heavy atom. The van der Waals surface area contributed by atoms with Crippen molar-refractivity contribution in [2.24, 2.45) is 0 Å². The van der Waals surface area contributed by atoms with Crippen LogP contribution in [0.5, 0.6) is 0 Å². The second kappa shape index (κ2) is 8.90. The molecule has 1 aromatic rings. The number of sulfonamides is 1. The van der Waals surface area contributed by atoms with Crippen LogP contribution in [0.25, 0.3) is 0 Å². The van der Waals surface area contributed by atoms with Gasteiger partial charge < -0.3 is 9.80 Å². The zero-order valence-corrected chi connectivity index (χ0v) is 17.4. The number of nitrogens with zero attached hydrogens (tertiary/aromatic N) is 2. The zero-order valence-electron chi connectivity index (χ0n) is 15.9. The molecule has 1 amide bonds. The van der Waals surface area contributed by atoms with Crippen LogP contribution in [0.15, 0.2) is 29.2 Å². The van der Waals surface area contributed by atoms with Crippen molar-refractivity contribution in [3.63, 3.8) is 0 Å². The van der Waals surface area contributed by atoms with Gasteiger partial charge in [-0.1, -0.05) is 24.4 Å². The third-order valence-electron chi connectivity index (χ3n) is 5.72. The summed E-state index contributed by atoms with van der Waals surface area (Å²) in [7, 11) is -3.51. The number of hydrogen-bond acceptors (Lipinski definition) is 3. The summed E-state index contributed by atoms with van der Waals surface area (Å²) in [5.74, 6) is 0.209. The maximum Gasteiger partial charge on any atom is 0.280 e. The van der Waals surface area contributed by atoms with Crippen LogP contribution >= 0.6 is 11.6 Å². The van der Waals surface area contributed by atoms with Gasteiger partial charge in [0.15, 0.2) is 6.04 Å². The Balaban J connectivity index is 1.59. The molecule has 2 heterocycles. The molecule has 2 saturated heterocycles. The minimum Gasteiger partial charge on any atom is -0.338 e. The van der Waals surface area contributed by atoms with Crippen LogP contribution in [-0.4, -0.2) is 68.8 Å². The van der Waals surface area contributed by atoms with E-state index in [4.69, 9.17) is 11.6 Å². The van der Waals surface area contributed by atoms with Gasteiger partial charge in [-0.25, -0.2) is 8.42 Å². The van der Waals surface area contributed by atoms with Crippen molar-refractivity contribution in [1.29, 1.82) is 0 Å². The molecule has 3 rings (SSSR count). The number of amides is 1. The first-order valence-electron chi connectivity index (χ1n) is 9.78. The van der Waals surface area contributed by atoms with Crippen molar-refractivity contribution in [2.45, 2.75) is 43.5 Å². The molecule has 0 unspecified atom stereocenters. The monoisotopic (exact) mass is 414 g/mol. The molecule has 1 aromatic carbocycles. The molecule has 27 heavy (non-hydrogen) atoms. The lowest BCUT2D eigenvalue weighted by Crippen LogP contribution is -3.19. The molecule has 0 radical (unpaired) electrons. The molecule has 0 bridgehead atoms. The molecular weight excluding hydrogens is 386 g/mol. The van der Waals surface area contributed by atoms with Gasteiger partial charge in [-0.2, -0.15) is 4.31 Å². The number of rotatable bonds is 4. The van der Waals surface area contributed by atoms with Gasteiger partial charge in [0.05, 0.1) is 31.1 Å². The summed E-state index contributed by atoms with van der Waals surface area (Å²) in [6, 6.07) is 6.16. The standard InChI is InChI=1S/C19H28ClN3O3S/c1-16(19(24)22-10-4-2-3-5-11-22)21-12-14-23(15-13-21)27(25,26)18-8-6-17(20)7-9-18/h6-9,16H,2-5,10-15H2,1H3/p+1/t16-/m1/s1. The second-order valence-electron chi connectivity index (χ2n) is 7.48. The largest absolute Gasteiger partial charge is 0.338 e. The van der Waals surface area contributed by atoms with Gasteiger partial charge in [-0.3, -0.25) is 4.79 Å². The number of halogens is 1. The van der Waals surface area contributed by atoms with Crippen LogP contribution < -0.4 is 4.90 Å². The maximum atomic E-state index is 12.8. The number of likely N-dealkylation sites (tertiary alicyclic amines) is 1. The summed E-state index contributed by atoms with van der Waals surface area (Å²) in [4.78, 5) is 16.3. The molecule has 0 spiro atoms. The highest BCUT2D eigenvalue weighted by Crippen LogP contribution is 2.18. The highest BCUT2D eigenvalue weighted by atomic mass is 35.5. The molecular formula is C19H29ClN3O3S+. The Kier molecular flexibility index (Phi) is 6.78. The first kappa shape index (κ1) is 20.6. The molecule has 1 atom stereocenters. The van der Waals surface area contributed by atoms with Crippen LogP contribution in [0.3, 0.4) is 0 Å². The van der Waals surface area contributed by atoms with Gasteiger partial charge in [0.2, 0.25) is 10.0 Å². The number of carbonyl (C=O) groups is 1. The number of carbonyl (C=O) groups excluding carboxylic acids is 1. The van der Waals surface area contributed by atoms with Crippen LogP contribution in [-0.2, 0) is 14.8 Å². The smallest absolute Gasteiger partial charge is 0.280 e. The minimum absolute atomic E-state index is 0.122. The average molecular weight is 415 g/mol. The van der Waals surface area contributed by atoms with Crippen molar-refractivity contribution >= 4 is 27.5 Å². The molecule has 0 saturated carbocycles. The lowest BCUT2D eigenvalue weighted by atomic mass is 10.2. The molecule has 2 fully saturated rings. The van der Waals surface area contributed by atoms with E-state index in [1.165, 1.54) is 22.0 Å². The molecule has 2 aliphatic heterocycles. The van der Waals surface area contributed by atoms with E-state index >= 15 is 0 Å². The van der Waals surface area contributed by atoms with E-state index in [1.54, 1.807) is 24.3 Å². The predicted molar refractivity (Wildman–Crippen MR) is 105 cm³/mol. The van der Waals surface area contributed by atoms with E-state index in [-0.39, 0.29) is 16.8 Å². The fourth-order valence-corrected chi connectivity index (χ4v) is 5.51. The molecule has 150 valence electrons. The molecule has 0 aromatic heterocycles. The normalized spacial score (nSPS) is 21.6. The summed E-state index contributed by atoms with van der Waals surface area (Å²) in [5, 5.41) is 0.518. The fourth-order valence-electron chi connectivity index (χ4n) is 3.94. The first-order chi connectivity index (χ1) is 12.9. The molecule has 2 aliphatic rings. The Hall–Kier alpha value is -1.15. The zero-order chi connectivity index (χ0) is 19.4. The van der Waals surface area contributed by atoms with Crippen molar-refractivity contribution in [1.82, 2.24) is 9.21 Å². The minimum atomic E-state index is -3.51. The van der Waals surface area contributed by atoms with Gasteiger partial charge >= 0.3 is 0 Å². The summed E-state index contributed by atoms with van der Waals surface area (Å²) < 4.78 is 27.1. The fraction of sp³-hybridized carbons (Fsp3) is 0.632. The summed E-state index contributed by atoms with van der Waals surface area (Å²) in [6.45, 7) is 5.84. The number of nitrogens with one attached hydrogen (secondary N) is 1. The van der Waals surface area contributed by atoms with Crippen LogP contribution in [0.2, 0.25) is 5.02 Å². The molecule has 8 heteroatoms. The Morgan fingerprint density at radius 3 is 2.11 bits per heavy atom. The van der Waals surface area contributed by atoms with Crippen LogP contribution in [0, 0.1) is 0 Å². The number of benzene rings is 1. The van der Waals surface area contributed by atoms with Crippen LogP contribution in [0.4, 0.5) is 0 Å². The van der Waals surface area contributed by atoms with Gasteiger partial charge in [0, 0.05) is 18.1 Å². The molecule has 1 N–H and O–H groups in total. The maximum absolute atomic E-state index is 12.8. The Bertz CT molecular complexity index is 738. The molecule has 6 nitrogen and oxygen atoms in total. The van der Waals surface area contributed by atoms with E-state index in [2.05, 4.69) is 0 Å². The van der Waals surface area contributed by atoms with E-state index in [9.17, 15) is 13.2 Å². The number of piperazine rings is 1. The van der Waals surface area contributed by atoms with E-state index in [1.807, 2.05) is 11.8 Å². The van der Waals surface area contributed by atoms with Gasteiger partial charge in [-0.05, 0) is 44.0 Å². The summed E-state index contributed by atoms with van der Waals surface area (Å²) in [5.41, 5.74) is 0. The van der Waals surface area contributed by atoms with Gasteiger partial charge in [0.25, 0.3) is 5.91 Å². The van der Waals surface area contributed by atoms with Crippen molar-refractivity contribution in [2.75, 3.05) is 39.3 Å². The summed E-state index contributed by atoms with van der Waals surface area (Å²) in [6.07, 6.45) is 4.57. The highest BCUT2D eigenvalue weighted by Gasteiger charge is 2.35. The van der Waals surface area contributed by atoms with E-state index in [0.29, 0.717) is 31.2 Å². The lowest BCUT2D eigenvalue weighted by Gasteiger charge is -2.35. The summed E-state index contributed by atoms with van der Waals surface area (Å²) >= 11 is 5.86. The Labute approximate surface area is 167 Å². The topological polar surface area (TPSA) is 62.1 Å². The van der Waals surface area contributed by atoms with Crippen molar-refractivity contribution < 1.29 is 18.1 Å². The second-order valence-corrected chi connectivity index (χ2v) is 9.85. The number of hydrogen-bond donors (Lipinski definition) is 1.